The molecule has 7 heteroatoms. The van der Waals surface area contributed by atoms with Gasteiger partial charge in [-0.05, 0) is 61.7 Å². The van der Waals surface area contributed by atoms with Crippen molar-refractivity contribution in [3.8, 4) is 5.69 Å². The van der Waals surface area contributed by atoms with Gasteiger partial charge in [-0.25, -0.2) is 4.98 Å². The Morgan fingerprint density at radius 1 is 1.40 bits per heavy atom. The first kappa shape index (κ1) is 16.2. The van der Waals surface area contributed by atoms with E-state index >= 15 is 0 Å². The van der Waals surface area contributed by atoms with E-state index in [1.165, 1.54) is 11.3 Å². The van der Waals surface area contributed by atoms with Crippen molar-refractivity contribution in [1.29, 1.82) is 0 Å². The molecular weight excluding hydrogens is 352 g/mol. The Balaban J connectivity index is 1.50. The number of imidazole rings is 1. The zero-order valence-corrected chi connectivity index (χ0v) is 15.4. The van der Waals surface area contributed by atoms with Crippen molar-refractivity contribution in [1.82, 2.24) is 14.5 Å². The second-order valence-electron chi connectivity index (χ2n) is 6.37. The number of rotatable bonds is 3. The SMILES string of the molecule is CC1CCc2nc(NC(=O)c3ccc(-n4cc[nH]c4=S)cc3)sc2C1. The van der Waals surface area contributed by atoms with Gasteiger partial charge in [0.15, 0.2) is 9.90 Å². The fourth-order valence-corrected chi connectivity index (χ4v) is 4.46. The molecule has 1 atom stereocenters. The van der Waals surface area contributed by atoms with Gasteiger partial charge in [-0.3, -0.25) is 14.7 Å². The number of carbonyl (C=O) groups excluding carboxylic acids is 1. The topological polar surface area (TPSA) is 62.7 Å². The molecule has 1 aromatic carbocycles. The number of anilines is 1. The van der Waals surface area contributed by atoms with Gasteiger partial charge in [0, 0.05) is 28.5 Å². The molecule has 0 spiro atoms. The maximum absolute atomic E-state index is 12.5. The van der Waals surface area contributed by atoms with Gasteiger partial charge in [0.2, 0.25) is 0 Å². The maximum atomic E-state index is 12.5. The fraction of sp³-hybridized carbons (Fsp3) is 0.278. The number of aromatic amines is 1. The highest BCUT2D eigenvalue weighted by Crippen LogP contribution is 2.32. The predicted octanol–water partition coefficient (Wildman–Crippen LogP) is 4.37. The molecule has 1 aliphatic rings. The molecule has 0 aliphatic heterocycles. The summed E-state index contributed by atoms with van der Waals surface area (Å²) >= 11 is 6.81. The molecule has 2 aromatic heterocycles. The number of hydrogen-bond donors (Lipinski definition) is 2. The first-order valence-corrected chi connectivity index (χ1v) is 9.49. The Bertz CT molecular complexity index is 968. The molecule has 5 nitrogen and oxygen atoms in total. The zero-order valence-electron chi connectivity index (χ0n) is 13.8. The summed E-state index contributed by atoms with van der Waals surface area (Å²) in [5, 5.41) is 3.63. The number of fused-ring (bicyclic) bond motifs is 1. The number of nitrogens with zero attached hydrogens (tertiary/aromatic N) is 2. The van der Waals surface area contributed by atoms with Crippen LogP contribution in [0.1, 0.15) is 34.3 Å². The van der Waals surface area contributed by atoms with Crippen molar-refractivity contribution < 1.29 is 4.79 Å². The Morgan fingerprint density at radius 2 is 2.20 bits per heavy atom. The van der Waals surface area contributed by atoms with Crippen LogP contribution in [-0.2, 0) is 12.8 Å². The van der Waals surface area contributed by atoms with Crippen molar-refractivity contribution in [3.05, 3.63) is 57.6 Å². The molecule has 0 bridgehead atoms. The van der Waals surface area contributed by atoms with Gasteiger partial charge >= 0.3 is 0 Å². The summed E-state index contributed by atoms with van der Waals surface area (Å²) in [5.41, 5.74) is 2.67. The highest BCUT2D eigenvalue weighted by atomic mass is 32.1. The van der Waals surface area contributed by atoms with Gasteiger partial charge in [0.25, 0.3) is 5.91 Å². The summed E-state index contributed by atoms with van der Waals surface area (Å²) in [4.78, 5) is 21.3. The van der Waals surface area contributed by atoms with Crippen LogP contribution in [0.5, 0.6) is 0 Å². The molecular formula is C18H18N4OS2. The smallest absolute Gasteiger partial charge is 0.257 e. The Kier molecular flexibility index (Phi) is 4.27. The second-order valence-corrected chi connectivity index (χ2v) is 7.84. The van der Waals surface area contributed by atoms with E-state index in [0.717, 1.165) is 24.2 Å². The van der Waals surface area contributed by atoms with Crippen molar-refractivity contribution in [3.63, 3.8) is 0 Å². The van der Waals surface area contributed by atoms with Gasteiger partial charge in [0.05, 0.1) is 5.69 Å². The number of H-pyrrole nitrogens is 1. The molecule has 2 N–H and O–H groups in total. The fourth-order valence-electron chi connectivity index (χ4n) is 3.06. The minimum absolute atomic E-state index is 0.136. The van der Waals surface area contributed by atoms with E-state index in [2.05, 4.69) is 22.2 Å². The molecule has 128 valence electrons. The van der Waals surface area contributed by atoms with E-state index < -0.39 is 0 Å². The van der Waals surface area contributed by atoms with Crippen LogP contribution >= 0.6 is 23.6 Å². The van der Waals surface area contributed by atoms with E-state index in [9.17, 15) is 4.79 Å². The first-order valence-electron chi connectivity index (χ1n) is 8.26. The van der Waals surface area contributed by atoms with Gasteiger partial charge in [-0.2, -0.15) is 0 Å². The summed E-state index contributed by atoms with van der Waals surface area (Å²) < 4.78 is 2.48. The minimum Gasteiger partial charge on any atom is -0.337 e. The number of benzene rings is 1. The van der Waals surface area contributed by atoms with Crippen LogP contribution in [0.3, 0.4) is 0 Å². The number of aryl methyl sites for hydroxylation is 1. The van der Waals surface area contributed by atoms with Gasteiger partial charge < -0.3 is 4.98 Å². The number of hydrogen-bond acceptors (Lipinski definition) is 4. The Morgan fingerprint density at radius 3 is 2.92 bits per heavy atom. The molecule has 3 aromatic rings. The highest BCUT2D eigenvalue weighted by molar-refractivity contribution is 7.71. The van der Waals surface area contributed by atoms with Gasteiger partial charge in [-0.15, -0.1) is 11.3 Å². The van der Waals surface area contributed by atoms with Crippen LogP contribution in [0.2, 0.25) is 0 Å². The summed E-state index contributed by atoms with van der Waals surface area (Å²) in [6.07, 6.45) is 6.89. The van der Waals surface area contributed by atoms with Crippen LogP contribution < -0.4 is 5.32 Å². The first-order chi connectivity index (χ1) is 12.1. The quantitative estimate of drug-likeness (QED) is 0.673. The molecule has 1 unspecified atom stereocenters. The lowest BCUT2D eigenvalue weighted by atomic mass is 9.93. The second kappa shape index (κ2) is 6.57. The van der Waals surface area contributed by atoms with E-state index in [0.29, 0.717) is 21.4 Å². The number of thiazole rings is 1. The zero-order chi connectivity index (χ0) is 17.4. The molecule has 25 heavy (non-hydrogen) atoms. The molecule has 1 aliphatic carbocycles. The molecule has 0 saturated heterocycles. The predicted molar refractivity (Wildman–Crippen MR) is 102 cm³/mol. The number of carbonyl (C=O) groups is 1. The summed E-state index contributed by atoms with van der Waals surface area (Å²) in [6, 6.07) is 7.37. The lowest BCUT2D eigenvalue weighted by Gasteiger charge is -2.15. The standard InChI is InChI=1S/C18H18N4OS2/c1-11-2-7-14-15(10-11)25-17(20-14)21-16(23)12-3-5-13(6-4-12)22-9-8-19-18(22)24/h3-6,8-9,11H,2,7,10H2,1H3,(H,19,24)(H,20,21,23). The molecule has 1 amide bonds. The molecule has 0 saturated carbocycles. The molecule has 4 rings (SSSR count). The summed E-state index contributed by atoms with van der Waals surface area (Å²) in [5.74, 6) is 0.563. The van der Waals surface area contributed by atoms with Crippen molar-refractivity contribution in [2.45, 2.75) is 26.2 Å². The van der Waals surface area contributed by atoms with Crippen molar-refractivity contribution in [2.75, 3.05) is 5.32 Å². The van der Waals surface area contributed by atoms with Gasteiger partial charge in [0.1, 0.15) is 0 Å². The lowest BCUT2D eigenvalue weighted by molar-refractivity contribution is 0.102. The van der Waals surface area contributed by atoms with Gasteiger partial charge in [-0.1, -0.05) is 6.92 Å². The monoisotopic (exact) mass is 370 g/mol. The Labute approximate surface area is 154 Å². The third-order valence-electron chi connectivity index (χ3n) is 4.46. The third-order valence-corrected chi connectivity index (χ3v) is 5.81. The number of amides is 1. The Hall–Kier alpha value is -2.25. The van der Waals surface area contributed by atoms with E-state index in [4.69, 9.17) is 12.2 Å². The molecule has 2 heterocycles. The van der Waals surface area contributed by atoms with Crippen LogP contribution in [0.25, 0.3) is 5.69 Å². The van der Waals surface area contributed by atoms with E-state index in [1.807, 2.05) is 22.9 Å². The average Bonchev–Trinajstić information content (AvgIpc) is 3.20. The van der Waals surface area contributed by atoms with Crippen LogP contribution in [0.15, 0.2) is 36.7 Å². The van der Waals surface area contributed by atoms with Crippen LogP contribution in [0, 0.1) is 10.7 Å². The minimum atomic E-state index is -0.136. The van der Waals surface area contributed by atoms with Crippen LogP contribution in [0.4, 0.5) is 5.13 Å². The normalized spacial score (nSPS) is 16.4. The highest BCUT2D eigenvalue weighted by Gasteiger charge is 2.20. The third kappa shape index (κ3) is 3.29. The lowest BCUT2D eigenvalue weighted by Crippen LogP contribution is -2.12. The largest absolute Gasteiger partial charge is 0.337 e. The summed E-state index contributed by atoms with van der Waals surface area (Å²) in [6.45, 7) is 2.26. The van der Waals surface area contributed by atoms with Crippen molar-refractivity contribution in [2.24, 2.45) is 5.92 Å². The van der Waals surface area contributed by atoms with Crippen molar-refractivity contribution >= 4 is 34.6 Å². The molecule has 0 radical (unpaired) electrons. The number of nitrogens with one attached hydrogen (secondary N) is 2. The van der Waals surface area contributed by atoms with E-state index in [-0.39, 0.29) is 5.91 Å². The van der Waals surface area contributed by atoms with Crippen LogP contribution in [-0.4, -0.2) is 20.4 Å². The van der Waals surface area contributed by atoms with E-state index in [1.54, 1.807) is 29.7 Å². The molecule has 0 fully saturated rings. The summed E-state index contributed by atoms with van der Waals surface area (Å²) in [7, 11) is 0. The maximum Gasteiger partial charge on any atom is 0.257 e. The average molecular weight is 371 g/mol. The number of aromatic nitrogens is 3.